The third-order valence-electron chi connectivity index (χ3n) is 2.04. The minimum absolute atomic E-state index is 0.0423. The minimum atomic E-state index is -1.19. The van der Waals surface area contributed by atoms with E-state index < -0.39 is 23.7 Å². The fraction of sp³-hybridized carbons (Fsp3) is 0.900. The Hall–Kier alpha value is -0.650. The lowest BCUT2D eigenvalue weighted by molar-refractivity contribution is -0.164. The second-order valence-corrected chi connectivity index (χ2v) is 4.82. The average Bonchev–Trinajstić information content (AvgIpc) is 2.78. The molecule has 0 radical (unpaired) electrons. The Bertz CT molecular complexity index is 230. The number of carbonyl (C=O) groups is 1. The molecule has 1 aliphatic rings. The van der Waals surface area contributed by atoms with Gasteiger partial charge in [-0.15, -0.1) is 0 Å². The van der Waals surface area contributed by atoms with Gasteiger partial charge >= 0.3 is 5.97 Å². The van der Waals surface area contributed by atoms with Crippen molar-refractivity contribution in [2.24, 2.45) is 11.7 Å². The first kappa shape index (κ1) is 12.4. The largest absolute Gasteiger partial charge is 0.460 e. The van der Waals surface area contributed by atoms with Gasteiger partial charge in [0.2, 0.25) is 0 Å². The predicted molar refractivity (Wildman–Crippen MR) is 53.9 cm³/mol. The van der Waals surface area contributed by atoms with Crippen LogP contribution in [-0.4, -0.2) is 35.6 Å². The average molecular weight is 217 g/mol. The van der Waals surface area contributed by atoms with E-state index in [4.69, 9.17) is 15.2 Å². The molecule has 3 atom stereocenters. The fourth-order valence-electron chi connectivity index (χ4n) is 1.24. The molecule has 1 heterocycles. The smallest absolute Gasteiger partial charge is 0.313 e. The van der Waals surface area contributed by atoms with Gasteiger partial charge in [0.05, 0.1) is 18.6 Å². The molecule has 1 rings (SSSR count). The third kappa shape index (κ3) is 4.59. The highest BCUT2D eigenvalue weighted by molar-refractivity contribution is 5.73. The predicted octanol–water partition coefficient (Wildman–Crippen LogP) is 0.0103. The zero-order valence-corrected chi connectivity index (χ0v) is 9.40. The molecule has 0 aromatic heterocycles. The monoisotopic (exact) mass is 217 g/mol. The molecule has 0 bridgehead atoms. The molecule has 1 saturated heterocycles. The van der Waals surface area contributed by atoms with Crippen LogP contribution in [0.3, 0.4) is 0 Å². The highest BCUT2D eigenvalue weighted by Gasteiger charge is 2.35. The fourth-order valence-corrected chi connectivity index (χ4v) is 1.24. The van der Waals surface area contributed by atoms with E-state index in [1.54, 1.807) is 20.8 Å². The van der Waals surface area contributed by atoms with E-state index in [9.17, 15) is 9.90 Å². The van der Waals surface area contributed by atoms with Crippen molar-refractivity contribution in [2.45, 2.75) is 45.1 Å². The lowest BCUT2D eigenvalue weighted by Gasteiger charge is -2.24. The summed E-state index contributed by atoms with van der Waals surface area (Å²) in [6, 6.07) is 0. The molecule has 0 spiro atoms. The summed E-state index contributed by atoms with van der Waals surface area (Å²) in [5, 5.41) is 9.28. The Morgan fingerprint density at radius 1 is 1.67 bits per heavy atom. The Morgan fingerprint density at radius 3 is 2.53 bits per heavy atom. The summed E-state index contributed by atoms with van der Waals surface area (Å²) in [4.78, 5) is 11.6. The van der Waals surface area contributed by atoms with Crippen LogP contribution in [0.25, 0.3) is 0 Å². The van der Waals surface area contributed by atoms with Gasteiger partial charge in [0.1, 0.15) is 11.8 Å². The number of esters is 1. The SMILES string of the molecule is CC(C)(C)OC(=O)C(CC1CO1)C(N)O. The number of aliphatic hydroxyl groups is 1. The first-order valence-corrected chi connectivity index (χ1v) is 5.08. The molecule has 5 heteroatoms. The van der Waals surface area contributed by atoms with Crippen molar-refractivity contribution in [2.75, 3.05) is 6.61 Å². The van der Waals surface area contributed by atoms with Gasteiger partial charge in [-0.3, -0.25) is 4.79 Å². The van der Waals surface area contributed by atoms with Gasteiger partial charge in [-0.1, -0.05) is 0 Å². The molecule has 3 N–H and O–H groups in total. The quantitative estimate of drug-likeness (QED) is 0.393. The van der Waals surface area contributed by atoms with Gasteiger partial charge in [0, 0.05) is 0 Å². The molecular formula is C10H19NO4. The number of epoxide rings is 1. The summed E-state index contributed by atoms with van der Waals surface area (Å²) >= 11 is 0. The van der Waals surface area contributed by atoms with Gasteiger partial charge in [-0.05, 0) is 27.2 Å². The van der Waals surface area contributed by atoms with Crippen molar-refractivity contribution >= 4 is 5.97 Å². The highest BCUT2D eigenvalue weighted by Crippen LogP contribution is 2.23. The molecule has 1 aliphatic heterocycles. The molecule has 1 fully saturated rings. The molecule has 5 nitrogen and oxygen atoms in total. The molecule has 88 valence electrons. The van der Waals surface area contributed by atoms with Crippen molar-refractivity contribution in [1.29, 1.82) is 0 Å². The van der Waals surface area contributed by atoms with Crippen LogP contribution < -0.4 is 5.73 Å². The maximum Gasteiger partial charge on any atom is 0.313 e. The van der Waals surface area contributed by atoms with Gasteiger partial charge in [0.15, 0.2) is 0 Å². The van der Waals surface area contributed by atoms with E-state index in [2.05, 4.69) is 0 Å². The van der Waals surface area contributed by atoms with Crippen molar-refractivity contribution < 1.29 is 19.4 Å². The van der Waals surface area contributed by atoms with Crippen LogP contribution in [0, 0.1) is 5.92 Å². The first-order valence-electron chi connectivity index (χ1n) is 5.08. The number of rotatable bonds is 4. The Kier molecular flexibility index (Phi) is 3.70. The normalized spacial score (nSPS) is 24.5. The number of hydrogen-bond acceptors (Lipinski definition) is 5. The molecule has 15 heavy (non-hydrogen) atoms. The van der Waals surface area contributed by atoms with Crippen LogP contribution in [0.1, 0.15) is 27.2 Å². The lowest BCUT2D eigenvalue weighted by Crippen LogP contribution is -2.40. The lowest BCUT2D eigenvalue weighted by atomic mass is 10.0. The Morgan fingerprint density at radius 2 is 2.20 bits per heavy atom. The molecular weight excluding hydrogens is 198 g/mol. The van der Waals surface area contributed by atoms with Crippen LogP contribution in [0.5, 0.6) is 0 Å². The maximum atomic E-state index is 11.6. The van der Waals surface area contributed by atoms with Gasteiger partial charge in [0.25, 0.3) is 0 Å². The summed E-state index contributed by atoms with van der Waals surface area (Å²) in [6.07, 6.45) is -0.725. The molecule has 3 unspecified atom stereocenters. The molecule has 0 aromatic carbocycles. The van der Waals surface area contributed by atoms with E-state index in [1.807, 2.05) is 0 Å². The second kappa shape index (κ2) is 4.47. The number of aliphatic hydroxyl groups excluding tert-OH is 1. The van der Waals surface area contributed by atoms with Crippen molar-refractivity contribution in [3.8, 4) is 0 Å². The van der Waals surface area contributed by atoms with Crippen LogP contribution in [0.2, 0.25) is 0 Å². The standard InChI is InChI=1S/C10H19NO4/c1-10(2,3)15-9(13)7(8(11)12)4-6-5-14-6/h6-8,12H,4-5,11H2,1-3H3. The minimum Gasteiger partial charge on any atom is -0.460 e. The van der Waals surface area contributed by atoms with E-state index in [0.717, 1.165) is 0 Å². The van der Waals surface area contributed by atoms with Crippen molar-refractivity contribution in [1.82, 2.24) is 0 Å². The van der Waals surface area contributed by atoms with Gasteiger partial charge in [-0.25, -0.2) is 0 Å². The summed E-state index contributed by atoms with van der Waals surface area (Å²) in [5.41, 5.74) is 4.77. The number of hydrogen-bond donors (Lipinski definition) is 2. The second-order valence-electron chi connectivity index (χ2n) is 4.82. The summed E-state index contributed by atoms with van der Waals surface area (Å²) in [5.74, 6) is -1.16. The Labute approximate surface area is 89.5 Å². The summed E-state index contributed by atoms with van der Waals surface area (Å²) in [7, 11) is 0. The van der Waals surface area contributed by atoms with E-state index >= 15 is 0 Å². The molecule has 0 aromatic rings. The van der Waals surface area contributed by atoms with E-state index in [0.29, 0.717) is 13.0 Å². The number of nitrogens with two attached hydrogens (primary N) is 1. The van der Waals surface area contributed by atoms with E-state index in [1.165, 1.54) is 0 Å². The summed E-state index contributed by atoms with van der Waals surface area (Å²) in [6.45, 7) is 5.96. The number of ether oxygens (including phenoxy) is 2. The Balaban J connectivity index is 2.50. The maximum absolute atomic E-state index is 11.6. The first-order chi connectivity index (χ1) is 6.79. The molecule has 0 saturated carbocycles. The van der Waals surface area contributed by atoms with Crippen molar-refractivity contribution in [3.05, 3.63) is 0 Å². The zero-order chi connectivity index (χ0) is 11.6. The summed E-state index contributed by atoms with van der Waals surface area (Å²) < 4.78 is 10.2. The van der Waals surface area contributed by atoms with Crippen LogP contribution in [0.4, 0.5) is 0 Å². The third-order valence-corrected chi connectivity index (χ3v) is 2.04. The van der Waals surface area contributed by atoms with Crippen LogP contribution in [0.15, 0.2) is 0 Å². The van der Waals surface area contributed by atoms with Gasteiger partial charge < -0.3 is 20.3 Å². The van der Waals surface area contributed by atoms with Crippen molar-refractivity contribution in [3.63, 3.8) is 0 Å². The molecule has 0 aliphatic carbocycles. The van der Waals surface area contributed by atoms with E-state index in [-0.39, 0.29) is 6.10 Å². The number of carbonyl (C=O) groups excluding carboxylic acids is 1. The van der Waals surface area contributed by atoms with Gasteiger partial charge in [-0.2, -0.15) is 0 Å². The topological polar surface area (TPSA) is 85.1 Å². The van der Waals surface area contributed by atoms with Crippen LogP contribution >= 0.6 is 0 Å². The van der Waals surface area contributed by atoms with Crippen LogP contribution in [-0.2, 0) is 14.3 Å². The molecule has 0 amide bonds. The zero-order valence-electron chi connectivity index (χ0n) is 9.40. The highest BCUT2D eigenvalue weighted by atomic mass is 16.6.